The van der Waals surface area contributed by atoms with E-state index in [2.05, 4.69) is 10.2 Å². The van der Waals surface area contributed by atoms with Crippen molar-refractivity contribution in [2.75, 3.05) is 13.7 Å². The average molecular weight is 437 g/mol. The van der Waals surface area contributed by atoms with Crippen molar-refractivity contribution >= 4 is 22.7 Å². The molecular formula is C23H24N4O3S. The van der Waals surface area contributed by atoms with Crippen LogP contribution in [0.1, 0.15) is 36.6 Å². The number of methoxy groups -OCH3 is 1. The molecule has 2 unspecified atom stereocenters. The number of fused-ring (bicyclic) bond motifs is 1. The van der Waals surface area contributed by atoms with Gasteiger partial charge in [-0.1, -0.05) is 41.6 Å². The molecule has 31 heavy (non-hydrogen) atoms. The monoisotopic (exact) mass is 436 g/mol. The molecule has 0 amide bonds. The lowest BCUT2D eigenvalue weighted by Crippen LogP contribution is -2.28. The van der Waals surface area contributed by atoms with E-state index >= 15 is 0 Å². The molecule has 160 valence electrons. The second kappa shape index (κ2) is 9.03. The van der Waals surface area contributed by atoms with Gasteiger partial charge in [0.15, 0.2) is 5.16 Å². The molecule has 0 bridgehead atoms. The smallest absolute Gasteiger partial charge is 0.262 e. The Labute approximate surface area is 184 Å². The highest BCUT2D eigenvalue weighted by atomic mass is 32.2. The van der Waals surface area contributed by atoms with Crippen molar-refractivity contribution in [2.45, 2.75) is 37.2 Å². The summed E-state index contributed by atoms with van der Waals surface area (Å²) in [4.78, 5) is 18.0. The molecule has 2 aromatic carbocycles. The molecule has 0 radical (unpaired) electrons. The Kier molecular flexibility index (Phi) is 6.20. The highest BCUT2D eigenvalue weighted by molar-refractivity contribution is 7.99. The average Bonchev–Trinajstić information content (AvgIpc) is 3.25. The molecule has 0 saturated carbocycles. The molecule has 7 nitrogen and oxygen atoms in total. The summed E-state index contributed by atoms with van der Waals surface area (Å²) in [5, 5.41) is 9.43. The fourth-order valence-electron chi connectivity index (χ4n) is 3.42. The predicted octanol–water partition coefficient (Wildman–Crippen LogP) is 4.82. The van der Waals surface area contributed by atoms with E-state index in [1.807, 2.05) is 63.2 Å². The Hall–Kier alpha value is -2.97. The van der Waals surface area contributed by atoms with Gasteiger partial charge in [0.1, 0.15) is 0 Å². The van der Waals surface area contributed by atoms with Crippen molar-refractivity contribution in [2.24, 2.45) is 0 Å². The fourth-order valence-corrected chi connectivity index (χ4v) is 4.45. The molecule has 0 aliphatic carbocycles. The van der Waals surface area contributed by atoms with Crippen LogP contribution in [0.4, 0.5) is 0 Å². The Morgan fingerprint density at radius 1 is 1.13 bits per heavy atom. The first kappa shape index (κ1) is 21.3. The topological polar surface area (TPSA) is 83.0 Å². The van der Waals surface area contributed by atoms with Gasteiger partial charge in [0.05, 0.1) is 28.8 Å². The number of benzene rings is 2. The summed E-state index contributed by atoms with van der Waals surface area (Å²) in [6.07, 6.45) is 0. The van der Waals surface area contributed by atoms with Gasteiger partial charge in [-0.15, -0.1) is 10.2 Å². The highest BCUT2D eigenvalue weighted by Crippen LogP contribution is 2.35. The molecule has 0 N–H and O–H groups in total. The van der Waals surface area contributed by atoms with Crippen molar-refractivity contribution in [1.82, 2.24) is 19.7 Å². The molecule has 0 aliphatic rings. The summed E-state index contributed by atoms with van der Waals surface area (Å²) in [6, 6.07) is 15.1. The second-order valence-corrected chi connectivity index (χ2v) is 8.77. The first-order valence-electron chi connectivity index (χ1n) is 10.0. The summed E-state index contributed by atoms with van der Waals surface area (Å²) < 4.78 is 12.9. The summed E-state index contributed by atoms with van der Waals surface area (Å²) in [5.74, 6) is 0.956. The summed E-state index contributed by atoms with van der Waals surface area (Å²) >= 11 is 1.42. The van der Waals surface area contributed by atoms with Crippen LogP contribution in [0.25, 0.3) is 22.4 Å². The maximum Gasteiger partial charge on any atom is 0.262 e. The second-order valence-electron chi connectivity index (χ2n) is 7.47. The van der Waals surface area contributed by atoms with Crippen LogP contribution in [0, 0.1) is 6.92 Å². The van der Waals surface area contributed by atoms with Crippen LogP contribution < -0.4 is 5.56 Å². The van der Waals surface area contributed by atoms with Crippen molar-refractivity contribution in [3.63, 3.8) is 0 Å². The molecule has 2 aromatic heterocycles. The number of ether oxygens (including phenoxy) is 1. The number of para-hydroxylation sites is 1. The van der Waals surface area contributed by atoms with E-state index in [0.29, 0.717) is 34.4 Å². The lowest BCUT2D eigenvalue weighted by molar-refractivity contribution is 0.156. The zero-order chi connectivity index (χ0) is 22.0. The third kappa shape index (κ3) is 4.40. The number of hydrogen-bond acceptors (Lipinski definition) is 7. The van der Waals surface area contributed by atoms with Crippen LogP contribution in [0.2, 0.25) is 0 Å². The molecule has 2 atom stereocenters. The van der Waals surface area contributed by atoms with E-state index in [1.54, 1.807) is 17.7 Å². The number of rotatable bonds is 7. The first-order chi connectivity index (χ1) is 15.0. The minimum atomic E-state index is -0.194. The molecule has 0 fully saturated rings. The third-order valence-corrected chi connectivity index (χ3v) is 6.01. The van der Waals surface area contributed by atoms with E-state index in [1.165, 1.54) is 11.8 Å². The van der Waals surface area contributed by atoms with Crippen LogP contribution >= 0.6 is 11.8 Å². The van der Waals surface area contributed by atoms with Crippen molar-refractivity contribution in [3.05, 3.63) is 70.3 Å². The molecular weight excluding hydrogens is 412 g/mol. The summed E-state index contributed by atoms with van der Waals surface area (Å²) in [7, 11) is 1.62. The zero-order valence-corrected chi connectivity index (χ0v) is 18.7. The normalized spacial score (nSPS) is 13.4. The summed E-state index contributed by atoms with van der Waals surface area (Å²) in [5.41, 5.74) is 2.58. The number of hydrogen-bond donors (Lipinski definition) is 0. The maximum atomic E-state index is 13.2. The van der Waals surface area contributed by atoms with Crippen LogP contribution in [-0.2, 0) is 4.74 Å². The number of thioether (sulfide) groups is 1. The highest BCUT2D eigenvalue weighted by Gasteiger charge is 2.22. The molecule has 4 rings (SSSR count). The van der Waals surface area contributed by atoms with Gasteiger partial charge in [-0.25, -0.2) is 4.98 Å². The molecule has 2 heterocycles. The van der Waals surface area contributed by atoms with Crippen molar-refractivity contribution < 1.29 is 9.15 Å². The third-order valence-electron chi connectivity index (χ3n) is 4.96. The van der Waals surface area contributed by atoms with Gasteiger partial charge in [0.25, 0.3) is 5.56 Å². The van der Waals surface area contributed by atoms with E-state index in [-0.39, 0.29) is 16.9 Å². The van der Waals surface area contributed by atoms with E-state index in [0.717, 1.165) is 11.1 Å². The van der Waals surface area contributed by atoms with Crippen LogP contribution in [0.3, 0.4) is 0 Å². The standard InChI is InChI=1S/C23H24N4O3S/c1-14-8-7-9-17(12-14)21-26-25-20(30-21)16(3)31-23-24-19-11-6-5-10-18(19)22(28)27(23)15(2)13-29-4/h5-12,15-16H,13H2,1-4H3. The molecule has 0 saturated heterocycles. The largest absolute Gasteiger partial charge is 0.419 e. The van der Waals surface area contributed by atoms with Crippen LogP contribution in [0.15, 0.2) is 62.9 Å². The quantitative estimate of drug-likeness (QED) is 0.303. The maximum absolute atomic E-state index is 13.2. The van der Waals surface area contributed by atoms with Gasteiger partial charge in [0, 0.05) is 12.7 Å². The van der Waals surface area contributed by atoms with Crippen molar-refractivity contribution in [3.8, 4) is 11.5 Å². The van der Waals surface area contributed by atoms with E-state index in [9.17, 15) is 4.79 Å². The summed E-state index contributed by atoms with van der Waals surface area (Å²) in [6.45, 7) is 6.33. The SMILES string of the molecule is COCC(C)n1c(SC(C)c2nnc(-c3cccc(C)c3)o2)nc2ccccc2c1=O. The van der Waals surface area contributed by atoms with Gasteiger partial charge < -0.3 is 9.15 Å². The molecule has 8 heteroatoms. The van der Waals surface area contributed by atoms with Gasteiger partial charge in [-0.05, 0) is 45.0 Å². The fraction of sp³-hybridized carbons (Fsp3) is 0.304. The van der Waals surface area contributed by atoms with Gasteiger partial charge in [0.2, 0.25) is 11.8 Å². The number of aromatic nitrogens is 4. The number of aryl methyl sites for hydroxylation is 1. The molecule has 0 aliphatic heterocycles. The van der Waals surface area contributed by atoms with Gasteiger partial charge >= 0.3 is 0 Å². The van der Waals surface area contributed by atoms with Gasteiger partial charge in [-0.2, -0.15) is 0 Å². The Bertz CT molecular complexity index is 1270. The Morgan fingerprint density at radius 2 is 1.94 bits per heavy atom. The minimum absolute atomic E-state index is 0.0872. The van der Waals surface area contributed by atoms with E-state index in [4.69, 9.17) is 14.1 Å². The predicted molar refractivity (Wildman–Crippen MR) is 121 cm³/mol. The Morgan fingerprint density at radius 3 is 2.71 bits per heavy atom. The minimum Gasteiger partial charge on any atom is -0.419 e. The molecule has 0 spiro atoms. The van der Waals surface area contributed by atoms with Crippen molar-refractivity contribution in [1.29, 1.82) is 0 Å². The molecule has 4 aromatic rings. The lowest BCUT2D eigenvalue weighted by atomic mass is 10.1. The van der Waals surface area contributed by atoms with Crippen LogP contribution in [0.5, 0.6) is 0 Å². The zero-order valence-electron chi connectivity index (χ0n) is 17.9. The van der Waals surface area contributed by atoms with E-state index < -0.39 is 0 Å². The van der Waals surface area contributed by atoms with Gasteiger partial charge in [-0.3, -0.25) is 9.36 Å². The van der Waals surface area contributed by atoms with Crippen LogP contribution in [-0.4, -0.2) is 33.5 Å². The lowest BCUT2D eigenvalue weighted by Gasteiger charge is -2.19. The first-order valence-corrected chi connectivity index (χ1v) is 10.9. The number of nitrogens with zero attached hydrogens (tertiary/aromatic N) is 4. The Balaban J connectivity index is 1.69.